The van der Waals surface area contributed by atoms with Crippen molar-refractivity contribution in [1.82, 2.24) is 19.8 Å². The second kappa shape index (κ2) is 19.7. The van der Waals surface area contributed by atoms with Gasteiger partial charge in [0.15, 0.2) is 0 Å². The maximum Gasteiger partial charge on any atom is 0.356 e. The van der Waals surface area contributed by atoms with E-state index in [4.69, 9.17) is 23.1 Å². The molecule has 2 aromatic rings. The minimum Gasteiger partial charge on any atom is -0.464 e. The molecule has 0 amide bonds. The van der Waals surface area contributed by atoms with Gasteiger partial charge in [-0.3, -0.25) is 14.0 Å². The molecule has 1 aliphatic carbocycles. The Labute approximate surface area is 275 Å². The molecular formula is C31H46N4O11S. The summed E-state index contributed by atoms with van der Waals surface area (Å²) in [6, 6.07) is 10.2. The highest BCUT2D eigenvalue weighted by atomic mass is 32.2. The Balaban J connectivity index is 1.59. The SMILES string of the molecule is COC(=O)c1cccc(CN(CCO)CCOC2CC(COS(C)(=O)=O)CC2OCCN(CCO)Cc2cccc(C(=O)OC)n2)n1. The maximum absolute atomic E-state index is 11.9. The number of aliphatic hydroxyl groups is 2. The van der Waals surface area contributed by atoms with Gasteiger partial charge in [0.05, 0.1) is 77.1 Å². The third-order valence-electron chi connectivity index (χ3n) is 7.55. The summed E-state index contributed by atoms with van der Waals surface area (Å²) in [6.07, 6.45) is 1.43. The number of carbonyl (C=O) groups is 2. The molecule has 1 fully saturated rings. The summed E-state index contributed by atoms with van der Waals surface area (Å²) in [6.45, 7) is 2.87. The van der Waals surface area contributed by atoms with E-state index >= 15 is 0 Å². The number of aliphatic hydroxyl groups excluding tert-OH is 2. The quantitative estimate of drug-likeness (QED) is 0.137. The average molecular weight is 683 g/mol. The van der Waals surface area contributed by atoms with Gasteiger partial charge in [-0.1, -0.05) is 12.1 Å². The van der Waals surface area contributed by atoms with Gasteiger partial charge in [-0.05, 0) is 43.0 Å². The van der Waals surface area contributed by atoms with Gasteiger partial charge in [0.1, 0.15) is 11.4 Å². The first-order chi connectivity index (χ1) is 22.5. The Hall–Kier alpha value is -3.09. The first-order valence-electron chi connectivity index (χ1n) is 15.4. The lowest BCUT2D eigenvalue weighted by atomic mass is 10.1. The smallest absolute Gasteiger partial charge is 0.356 e. The van der Waals surface area contributed by atoms with Crippen molar-refractivity contribution < 1.29 is 51.4 Å². The molecule has 0 aliphatic heterocycles. The number of hydrogen-bond donors (Lipinski definition) is 2. The predicted octanol–water partition coefficient (Wildman–Crippen LogP) is 0.495. The standard InChI is InChI=1S/C31H46N4O11S/c1-42-30(38)26-8-4-6-24(32-26)20-34(10-14-36)12-16-44-28-18-23(22-46-47(3,40)41)19-29(28)45-17-13-35(11-15-37)21-25-7-5-9-27(33-25)31(39)43-2/h4-9,23,28-29,36-37H,10-22H2,1-3H3. The molecule has 0 bridgehead atoms. The highest BCUT2D eigenvalue weighted by Crippen LogP contribution is 2.31. The summed E-state index contributed by atoms with van der Waals surface area (Å²) < 4.78 is 50.3. The Bertz CT molecular complexity index is 1300. The Morgan fingerprint density at radius 3 is 1.62 bits per heavy atom. The van der Waals surface area contributed by atoms with Crippen LogP contribution in [0.3, 0.4) is 0 Å². The van der Waals surface area contributed by atoms with Gasteiger partial charge < -0.3 is 29.2 Å². The number of nitrogens with zero attached hydrogens (tertiary/aromatic N) is 4. The molecule has 47 heavy (non-hydrogen) atoms. The monoisotopic (exact) mass is 682 g/mol. The number of pyridine rings is 2. The minimum absolute atomic E-state index is 0.0240. The molecule has 0 aromatic carbocycles. The molecule has 2 aromatic heterocycles. The van der Waals surface area contributed by atoms with Gasteiger partial charge in [0.25, 0.3) is 10.1 Å². The Kier molecular flexibility index (Phi) is 16.0. The normalized spacial score (nSPS) is 18.1. The van der Waals surface area contributed by atoms with Gasteiger partial charge in [0.2, 0.25) is 0 Å². The lowest BCUT2D eigenvalue weighted by Gasteiger charge is -2.26. The van der Waals surface area contributed by atoms with Crippen molar-refractivity contribution >= 4 is 22.1 Å². The van der Waals surface area contributed by atoms with E-state index < -0.39 is 22.1 Å². The van der Waals surface area contributed by atoms with Crippen LogP contribution in [-0.2, 0) is 46.3 Å². The first kappa shape index (κ1) is 38.4. The van der Waals surface area contributed by atoms with E-state index in [1.54, 1.807) is 36.4 Å². The van der Waals surface area contributed by atoms with Gasteiger partial charge in [-0.15, -0.1) is 0 Å². The van der Waals surface area contributed by atoms with Crippen LogP contribution in [0.1, 0.15) is 45.2 Å². The number of methoxy groups -OCH3 is 2. The summed E-state index contributed by atoms with van der Waals surface area (Å²) in [5.74, 6) is -1.17. The number of rotatable bonds is 21. The molecule has 15 nitrogen and oxygen atoms in total. The molecular weight excluding hydrogens is 636 g/mol. The lowest BCUT2D eigenvalue weighted by molar-refractivity contribution is -0.0649. The van der Waals surface area contributed by atoms with E-state index in [1.807, 2.05) is 9.80 Å². The summed E-state index contributed by atoms with van der Waals surface area (Å²) in [4.78, 5) is 36.4. The van der Waals surface area contributed by atoms with Crippen LogP contribution in [0.25, 0.3) is 0 Å². The molecule has 1 aliphatic rings. The summed E-state index contributed by atoms with van der Waals surface area (Å²) in [7, 11) is -1.02. The molecule has 2 N–H and O–H groups in total. The second-order valence-electron chi connectivity index (χ2n) is 11.2. The Morgan fingerprint density at radius 1 is 0.787 bits per heavy atom. The third-order valence-corrected chi connectivity index (χ3v) is 8.11. The molecule has 0 radical (unpaired) electrons. The minimum atomic E-state index is -3.61. The highest BCUT2D eigenvalue weighted by Gasteiger charge is 2.36. The van der Waals surface area contributed by atoms with Gasteiger partial charge >= 0.3 is 11.9 Å². The van der Waals surface area contributed by atoms with Crippen molar-refractivity contribution in [3.8, 4) is 0 Å². The predicted molar refractivity (Wildman–Crippen MR) is 169 cm³/mol. The van der Waals surface area contributed by atoms with Crippen molar-refractivity contribution in [3.05, 3.63) is 59.2 Å². The Morgan fingerprint density at radius 2 is 1.23 bits per heavy atom. The zero-order valence-corrected chi connectivity index (χ0v) is 28.0. The molecule has 2 atom stereocenters. The molecule has 1 saturated carbocycles. The fourth-order valence-electron chi connectivity index (χ4n) is 5.28. The molecule has 262 valence electrons. The number of hydrogen-bond acceptors (Lipinski definition) is 15. The summed E-state index contributed by atoms with van der Waals surface area (Å²) in [5, 5.41) is 19.3. The lowest BCUT2D eigenvalue weighted by Crippen LogP contribution is -2.35. The maximum atomic E-state index is 11.9. The van der Waals surface area contributed by atoms with E-state index in [1.165, 1.54) is 14.2 Å². The number of aromatic nitrogens is 2. The van der Waals surface area contributed by atoms with Gasteiger partial charge in [-0.25, -0.2) is 19.6 Å². The third kappa shape index (κ3) is 13.5. The van der Waals surface area contributed by atoms with E-state index in [0.717, 1.165) is 6.26 Å². The number of carbonyl (C=O) groups excluding carboxylic acids is 2. The van der Waals surface area contributed by atoms with Crippen molar-refractivity contribution in [2.75, 3.05) is 79.7 Å². The van der Waals surface area contributed by atoms with E-state index in [0.29, 0.717) is 76.7 Å². The molecule has 0 spiro atoms. The van der Waals surface area contributed by atoms with Gasteiger partial charge in [-0.2, -0.15) is 8.42 Å². The largest absolute Gasteiger partial charge is 0.464 e. The van der Waals surface area contributed by atoms with Crippen LogP contribution >= 0.6 is 0 Å². The topological polar surface area (TPSA) is 187 Å². The number of esters is 2. The fraction of sp³-hybridized carbons (Fsp3) is 0.613. The van der Waals surface area contributed by atoms with Crippen LogP contribution in [0.4, 0.5) is 0 Å². The molecule has 16 heteroatoms. The van der Waals surface area contributed by atoms with Gasteiger partial charge in [0, 0.05) is 39.3 Å². The van der Waals surface area contributed by atoms with Crippen LogP contribution in [-0.4, -0.2) is 142 Å². The van der Waals surface area contributed by atoms with Crippen molar-refractivity contribution in [3.63, 3.8) is 0 Å². The molecule has 2 unspecified atom stereocenters. The van der Waals surface area contributed by atoms with E-state index in [9.17, 15) is 28.2 Å². The average Bonchev–Trinajstić information content (AvgIpc) is 3.44. The van der Waals surface area contributed by atoms with Crippen LogP contribution in [0, 0.1) is 5.92 Å². The van der Waals surface area contributed by atoms with Crippen LogP contribution in [0.2, 0.25) is 0 Å². The molecule has 3 rings (SSSR count). The van der Waals surface area contributed by atoms with Crippen LogP contribution < -0.4 is 0 Å². The molecule has 2 heterocycles. The van der Waals surface area contributed by atoms with Crippen LogP contribution in [0.15, 0.2) is 36.4 Å². The number of ether oxygens (including phenoxy) is 4. The van der Waals surface area contributed by atoms with E-state index in [2.05, 4.69) is 9.97 Å². The zero-order valence-electron chi connectivity index (χ0n) is 27.2. The molecule has 0 saturated heterocycles. The summed E-state index contributed by atoms with van der Waals surface area (Å²) >= 11 is 0. The highest BCUT2D eigenvalue weighted by molar-refractivity contribution is 7.85. The first-order valence-corrected chi connectivity index (χ1v) is 17.2. The van der Waals surface area contributed by atoms with Crippen LogP contribution in [0.5, 0.6) is 0 Å². The van der Waals surface area contributed by atoms with E-state index in [-0.39, 0.29) is 49.3 Å². The van der Waals surface area contributed by atoms with Crippen molar-refractivity contribution in [2.24, 2.45) is 5.92 Å². The zero-order chi connectivity index (χ0) is 34.2. The second-order valence-corrected chi connectivity index (χ2v) is 12.8. The fourth-order valence-corrected chi connectivity index (χ4v) is 5.72. The summed E-state index contributed by atoms with van der Waals surface area (Å²) in [5.41, 5.74) is 1.67. The van der Waals surface area contributed by atoms with Crippen molar-refractivity contribution in [2.45, 2.75) is 38.1 Å². The van der Waals surface area contributed by atoms with Crippen molar-refractivity contribution in [1.29, 1.82) is 0 Å².